The van der Waals surface area contributed by atoms with Gasteiger partial charge in [-0.25, -0.2) is 0 Å². The number of anilines is 1. The molecule has 3 heterocycles. The van der Waals surface area contributed by atoms with E-state index in [-0.39, 0.29) is 11.8 Å². The van der Waals surface area contributed by atoms with Gasteiger partial charge in [0.25, 0.3) is 0 Å². The van der Waals surface area contributed by atoms with E-state index in [0.717, 1.165) is 36.2 Å². The minimum absolute atomic E-state index is 0.00141. The topological polar surface area (TPSA) is 92.3 Å². The summed E-state index contributed by atoms with van der Waals surface area (Å²) in [6.07, 6.45) is 12.4. The van der Waals surface area contributed by atoms with E-state index in [4.69, 9.17) is 4.74 Å². The van der Waals surface area contributed by atoms with Crippen molar-refractivity contribution in [2.45, 2.75) is 45.1 Å². The van der Waals surface area contributed by atoms with E-state index in [0.29, 0.717) is 24.5 Å². The molecule has 0 fully saturated rings. The lowest BCUT2D eigenvalue weighted by Gasteiger charge is -2.33. The van der Waals surface area contributed by atoms with Crippen LogP contribution in [0.1, 0.15) is 48.2 Å². The number of nitrogens with zero attached hydrogens (tertiary/aromatic N) is 3. The quantitative estimate of drug-likeness (QED) is 0.585. The van der Waals surface area contributed by atoms with Crippen LogP contribution in [0.5, 0.6) is 5.75 Å². The summed E-state index contributed by atoms with van der Waals surface area (Å²) >= 11 is 0. The van der Waals surface area contributed by atoms with Crippen LogP contribution < -0.4 is 10.1 Å². The highest BCUT2D eigenvalue weighted by molar-refractivity contribution is 5.96. The highest BCUT2D eigenvalue weighted by atomic mass is 16.5. The van der Waals surface area contributed by atoms with E-state index in [1.54, 1.807) is 12.4 Å². The summed E-state index contributed by atoms with van der Waals surface area (Å²) < 4.78 is 6.00. The number of aliphatic imine (C=N–C) groups is 1. The molecule has 1 aliphatic carbocycles. The number of hydrogen-bond donors (Lipinski definition) is 2. The minimum atomic E-state index is -0.533. The second-order valence-electron chi connectivity index (χ2n) is 8.92. The fraction of sp³-hybridized carbons (Fsp3) is 0.308. The van der Waals surface area contributed by atoms with Crippen molar-refractivity contribution in [3.05, 3.63) is 83.6 Å². The third kappa shape index (κ3) is 4.44. The molecule has 2 N–H and O–H groups in total. The van der Waals surface area contributed by atoms with Crippen molar-refractivity contribution in [2.24, 2.45) is 10.4 Å². The lowest BCUT2D eigenvalue weighted by atomic mass is 9.72. The van der Waals surface area contributed by atoms with E-state index in [9.17, 15) is 4.79 Å². The number of benzene rings is 1. The van der Waals surface area contributed by atoms with Gasteiger partial charge in [0.05, 0.1) is 16.8 Å². The summed E-state index contributed by atoms with van der Waals surface area (Å²) in [5.74, 6) is 0.846. The number of fused-ring (bicyclic) bond motifs is 1. The number of nitrogens with one attached hydrogen (secondary N) is 2. The van der Waals surface area contributed by atoms with Crippen LogP contribution in [-0.4, -0.2) is 27.3 Å². The van der Waals surface area contributed by atoms with Crippen LogP contribution in [0.2, 0.25) is 0 Å². The molecule has 0 saturated heterocycles. The maximum atomic E-state index is 13.5. The molecule has 2 aromatic heterocycles. The molecule has 1 aromatic carbocycles. The van der Waals surface area contributed by atoms with Gasteiger partial charge in [0.1, 0.15) is 12.4 Å². The first-order valence-corrected chi connectivity index (χ1v) is 11.3. The number of carbonyl (C=O) groups is 1. The third-order valence-electron chi connectivity index (χ3n) is 6.50. The Morgan fingerprint density at radius 1 is 1.27 bits per heavy atom. The van der Waals surface area contributed by atoms with Gasteiger partial charge in [0.2, 0.25) is 5.91 Å². The van der Waals surface area contributed by atoms with Gasteiger partial charge in [-0.3, -0.25) is 19.9 Å². The largest absolute Gasteiger partial charge is 0.487 e. The molecule has 33 heavy (non-hydrogen) atoms. The Labute approximate surface area is 193 Å². The van der Waals surface area contributed by atoms with Crippen LogP contribution in [0, 0.1) is 5.41 Å². The van der Waals surface area contributed by atoms with Crippen LogP contribution in [-0.2, 0) is 24.2 Å². The smallest absolute Gasteiger partial charge is 0.230 e. The summed E-state index contributed by atoms with van der Waals surface area (Å²) in [6, 6.07) is 11.4. The maximum absolute atomic E-state index is 13.5. The molecule has 168 valence electrons. The van der Waals surface area contributed by atoms with E-state index >= 15 is 0 Å². The van der Waals surface area contributed by atoms with Crippen molar-refractivity contribution >= 4 is 17.8 Å². The maximum Gasteiger partial charge on any atom is 0.230 e. The first-order chi connectivity index (χ1) is 16.1. The summed E-state index contributed by atoms with van der Waals surface area (Å²) in [6.45, 7) is 2.43. The van der Waals surface area contributed by atoms with Crippen molar-refractivity contribution in [3.8, 4) is 5.75 Å². The van der Waals surface area contributed by atoms with E-state index in [2.05, 4.69) is 31.6 Å². The normalized spacial score (nSPS) is 21.4. The van der Waals surface area contributed by atoms with Crippen LogP contribution >= 0.6 is 0 Å². The molecule has 3 aromatic rings. The van der Waals surface area contributed by atoms with Crippen molar-refractivity contribution in [1.82, 2.24) is 15.2 Å². The molecule has 7 heteroatoms. The van der Waals surface area contributed by atoms with Crippen molar-refractivity contribution in [2.75, 3.05) is 5.32 Å². The van der Waals surface area contributed by atoms with Gasteiger partial charge < -0.3 is 10.1 Å². The Morgan fingerprint density at radius 2 is 2.18 bits per heavy atom. The summed E-state index contributed by atoms with van der Waals surface area (Å²) in [5, 5.41) is 10.9. The second-order valence-corrected chi connectivity index (χ2v) is 8.92. The van der Waals surface area contributed by atoms with Crippen LogP contribution in [0.25, 0.3) is 0 Å². The average Bonchev–Trinajstić information content (AvgIpc) is 3.27. The Kier molecular flexibility index (Phi) is 5.77. The van der Waals surface area contributed by atoms with Crippen molar-refractivity contribution in [1.29, 1.82) is 0 Å². The molecule has 2 atom stereocenters. The summed E-state index contributed by atoms with van der Waals surface area (Å²) in [7, 11) is 0. The molecule has 0 radical (unpaired) electrons. The van der Waals surface area contributed by atoms with Gasteiger partial charge in [-0.2, -0.15) is 5.10 Å². The minimum Gasteiger partial charge on any atom is -0.487 e. The molecule has 1 aliphatic heterocycles. The Balaban J connectivity index is 1.31. The van der Waals surface area contributed by atoms with Crippen molar-refractivity contribution < 1.29 is 9.53 Å². The number of aryl methyl sites for hydroxylation is 1. The zero-order chi connectivity index (χ0) is 22.7. The summed E-state index contributed by atoms with van der Waals surface area (Å²) in [5.41, 5.74) is 4.47. The number of ether oxygens (including phenoxy) is 1. The van der Waals surface area contributed by atoms with Gasteiger partial charge in [-0.1, -0.05) is 31.2 Å². The van der Waals surface area contributed by atoms with E-state index in [1.165, 1.54) is 5.56 Å². The van der Waals surface area contributed by atoms with Gasteiger partial charge in [-0.15, -0.1) is 0 Å². The van der Waals surface area contributed by atoms with Crippen LogP contribution in [0.15, 0.2) is 66.1 Å². The zero-order valence-electron chi connectivity index (χ0n) is 18.6. The van der Waals surface area contributed by atoms with E-state index < -0.39 is 5.41 Å². The lowest BCUT2D eigenvalue weighted by molar-refractivity contribution is -0.125. The molecule has 1 amide bonds. The number of amides is 1. The molecule has 2 unspecified atom stereocenters. The number of H-pyrrole nitrogens is 1. The second kappa shape index (κ2) is 9.02. The van der Waals surface area contributed by atoms with E-state index in [1.807, 2.05) is 55.7 Å². The first kappa shape index (κ1) is 21.1. The number of hydrogen-bond acceptors (Lipinski definition) is 5. The molecule has 2 aliphatic rings. The lowest BCUT2D eigenvalue weighted by Crippen LogP contribution is -2.38. The van der Waals surface area contributed by atoms with Gasteiger partial charge in [0.15, 0.2) is 0 Å². The fourth-order valence-corrected chi connectivity index (χ4v) is 4.49. The summed E-state index contributed by atoms with van der Waals surface area (Å²) in [4.78, 5) is 21.8. The monoisotopic (exact) mass is 441 g/mol. The van der Waals surface area contributed by atoms with Gasteiger partial charge in [0, 0.05) is 42.0 Å². The standard InChI is InChI=1S/C26H27N5O2/c1-26(11-8-21-20(15-26)24(31-30-21)19-9-13-27-14-10-19)25(32)29-22-6-2-3-7-23(22)33-17-18-5-4-12-28-16-18/h2-7,9,12-14,16,19H,8,10-11,15,17H2,1H3,(H,29,32)(H,30,31). The molecule has 0 bridgehead atoms. The molecule has 0 saturated carbocycles. The first-order valence-electron chi connectivity index (χ1n) is 11.3. The fourth-order valence-electron chi connectivity index (χ4n) is 4.49. The van der Waals surface area contributed by atoms with Crippen molar-refractivity contribution in [3.63, 3.8) is 0 Å². The Bertz CT molecular complexity index is 1200. The third-order valence-corrected chi connectivity index (χ3v) is 6.50. The highest BCUT2D eigenvalue weighted by Gasteiger charge is 2.40. The number of pyridine rings is 1. The molecule has 0 spiro atoms. The predicted molar refractivity (Wildman–Crippen MR) is 127 cm³/mol. The Hall–Kier alpha value is -3.74. The number of carbonyl (C=O) groups excluding carboxylic acids is 1. The van der Waals surface area contributed by atoms with Gasteiger partial charge in [-0.05, 0) is 49.4 Å². The van der Waals surface area contributed by atoms with Crippen LogP contribution in [0.4, 0.5) is 5.69 Å². The average molecular weight is 442 g/mol. The highest BCUT2D eigenvalue weighted by Crippen LogP contribution is 2.40. The SMILES string of the molecule is CC1(C(=O)Nc2ccccc2OCc2cccnc2)CCc2[nH]nc(C3C=CN=CC3)c2C1. The van der Waals surface area contributed by atoms with Gasteiger partial charge >= 0.3 is 0 Å². The molecule has 5 rings (SSSR count). The number of aromatic nitrogens is 3. The van der Waals surface area contributed by atoms with Crippen LogP contribution in [0.3, 0.4) is 0 Å². The number of rotatable bonds is 6. The molecule has 7 nitrogen and oxygen atoms in total. The predicted octanol–water partition coefficient (Wildman–Crippen LogP) is 4.59. The molecular weight excluding hydrogens is 414 g/mol. The Morgan fingerprint density at radius 3 is 3.00 bits per heavy atom. The molecular formula is C26H27N5O2. The number of allylic oxidation sites excluding steroid dienone is 1. The number of aromatic amines is 1. The zero-order valence-corrected chi connectivity index (χ0v) is 18.6. The number of para-hydroxylation sites is 2.